The molecule has 0 heterocycles. The van der Waals surface area contributed by atoms with Gasteiger partial charge in [-0.2, -0.15) is 0 Å². The molecule has 6 nitrogen and oxygen atoms in total. The minimum Gasteiger partial charge on any atom is -0.462 e. The standard InChI is InChI=1S/C47H90O6/c1-41(2)33-27-21-15-12-10-8-7-9-11-13-17-24-30-36-45(48)51-39-44(53-47(50)38-32-26-20-19-23-29-35-43(5)6)40-52-46(49)37-31-25-18-14-16-22-28-34-42(3)4/h41-44H,7-40H2,1-6H3/t44-/m1/s1. The number of esters is 3. The van der Waals surface area contributed by atoms with E-state index in [0.717, 1.165) is 75.5 Å². The lowest BCUT2D eigenvalue weighted by molar-refractivity contribution is -0.167. The van der Waals surface area contributed by atoms with Crippen LogP contribution in [-0.2, 0) is 28.6 Å². The van der Waals surface area contributed by atoms with Crippen LogP contribution < -0.4 is 0 Å². The van der Waals surface area contributed by atoms with Gasteiger partial charge in [-0.1, -0.05) is 208 Å². The van der Waals surface area contributed by atoms with Crippen LogP contribution in [0.2, 0.25) is 0 Å². The molecule has 53 heavy (non-hydrogen) atoms. The third-order valence-corrected chi connectivity index (χ3v) is 10.4. The van der Waals surface area contributed by atoms with E-state index in [1.165, 1.54) is 128 Å². The Morgan fingerprint density at radius 1 is 0.321 bits per heavy atom. The summed E-state index contributed by atoms with van der Waals surface area (Å²) in [6, 6.07) is 0. The summed E-state index contributed by atoms with van der Waals surface area (Å²) < 4.78 is 16.7. The van der Waals surface area contributed by atoms with Crippen LogP contribution in [0.4, 0.5) is 0 Å². The Bertz CT molecular complexity index is 822. The molecule has 0 aromatic heterocycles. The maximum atomic E-state index is 12.7. The Balaban J connectivity index is 4.27. The van der Waals surface area contributed by atoms with Gasteiger partial charge in [-0.15, -0.1) is 0 Å². The Morgan fingerprint density at radius 3 is 0.811 bits per heavy atom. The topological polar surface area (TPSA) is 78.9 Å². The number of rotatable bonds is 40. The zero-order chi connectivity index (χ0) is 39.2. The van der Waals surface area contributed by atoms with E-state index in [1.807, 2.05) is 0 Å². The number of unbranched alkanes of at least 4 members (excludes halogenated alkanes) is 23. The first-order valence-electron chi connectivity index (χ1n) is 23.1. The van der Waals surface area contributed by atoms with Crippen LogP contribution in [0.15, 0.2) is 0 Å². The monoisotopic (exact) mass is 751 g/mol. The molecule has 0 saturated carbocycles. The van der Waals surface area contributed by atoms with Crippen LogP contribution in [0.25, 0.3) is 0 Å². The summed E-state index contributed by atoms with van der Waals surface area (Å²) in [5, 5.41) is 0. The van der Waals surface area contributed by atoms with Crippen molar-refractivity contribution in [2.45, 2.75) is 253 Å². The lowest BCUT2D eigenvalue weighted by Gasteiger charge is -2.18. The van der Waals surface area contributed by atoms with Crippen LogP contribution in [0.1, 0.15) is 247 Å². The fraction of sp³-hybridized carbons (Fsp3) is 0.936. The molecule has 0 bridgehead atoms. The van der Waals surface area contributed by atoms with Crippen molar-refractivity contribution in [2.75, 3.05) is 13.2 Å². The summed E-state index contributed by atoms with van der Waals surface area (Å²) in [6.07, 6.45) is 35.4. The van der Waals surface area contributed by atoms with Gasteiger partial charge in [0, 0.05) is 19.3 Å². The van der Waals surface area contributed by atoms with E-state index >= 15 is 0 Å². The lowest BCUT2D eigenvalue weighted by Crippen LogP contribution is -2.30. The highest BCUT2D eigenvalue weighted by atomic mass is 16.6. The first-order valence-corrected chi connectivity index (χ1v) is 23.1. The van der Waals surface area contributed by atoms with Gasteiger partial charge in [-0.3, -0.25) is 14.4 Å². The second-order valence-electron chi connectivity index (χ2n) is 17.5. The molecule has 0 saturated heterocycles. The molecule has 0 unspecified atom stereocenters. The first-order chi connectivity index (χ1) is 25.6. The van der Waals surface area contributed by atoms with E-state index < -0.39 is 6.10 Å². The highest BCUT2D eigenvalue weighted by Crippen LogP contribution is 2.17. The predicted molar refractivity (Wildman–Crippen MR) is 224 cm³/mol. The third-order valence-electron chi connectivity index (χ3n) is 10.4. The van der Waals surface area contributed by atoms with Crippen molar-refractivity contribution in [3.05, 3.63) is 0 Å². The largest absolute Gasteiger partial charge is 0.462 e. The minimum atomic E-state index is -0.762. The molecule has 314 valence electrons. The predicted octanol–water partition coefficient (Wildman–Crippen LogP) is 14.4. The molecule has 0 aliphatic heterocycles. The molecule has 0 amide bonds. The van der Waals surface area contributed by atoms with Gasteiger partial charge in [0.2, 0.25) is 0 Å². The molecule has 0 radical (unpaired) electrons. The van der Waals surface area contributed by atoms with Gasteiger partial charge in [0.05, 0.1) is 0 Å². The fourth-order valence-electron chi connectivity index (χ4n) is 6.88. The molecule has 0 spiro atoms. The summed E-state index contributed by atoms with van der Waals surface area (Å²) in [5.41, 5.74) is 0. The van der Waals surface area contributed by atoms with E-state index in [4.69, 9.17) is 14.2 Å². The molecular formula is C47H90O6. The molecule has 0 fully saturated rings. The van der Waals surface area contributed by atoms with E-state index in [2.05, 4.69) is 41.5 Å². The molecule has 0 aliphatic rings. The van der Waals surface area contributed by atoms with Crippen molar-refractivity contribution in [3.8, 4) is 0 Å². The normalized spacial score (nSPS) is 12.2. The molecule has 0 rings (SSSR count). The highest BCUT2D eigenvalue weighted by molar-refractivity contribution is 5.71. The number of ether oxygens (including phenoxy) is 3. The number of hydrogen-bond donors (Lipinski definition) is 0. The Hall–Kier alpha value is -1.59. The zero-order valence-corrected chi connectivity index (χ0v) is 36.3. The summed E-state index contributed by atoms with van der Waals surface area (Å²) in [4.78, 5) is 37.7. The fourth-order valence-corrected chi connectivity index (χ4v) is 6.88. The Morgan fingerprint density at radius 2 is 0.547 bits per heavy atom. The van der Waals surface area contributed by atoms with E-state index in [9.17, 15) is 14.4 Å². The summed E-state index contributed by atoms with van der Waals surface area (Å²) in [6.45, 7) is 13.6. The molecule has 0 aliphatic carbocycles. The van der Waals surface area contributed by atoms with Gasteiger partial charge in [-0.25, -0.2) is 0 Å². The van der Waals surface area contributed by atoms with Gasteiger partial charge in [-0.05, 0) is 37.0 Å². The quantitative estimate of drug-likeness (QED) is 0.0352. The molecule has 1 atom stereocenters. The maximum Gasteiger partial charge on any atom is 0.306 e. The smallest absolute Gasteiger partial charge is 0.306 e. The molecule has 0 aromatic carbocycles. The summed E-state index contributed by atoms with van der Waals surface area (Å²) in [5.74, 6) is 1.51. The van der Waals surface area contributed by atoms with Crippen LogP contribution in [-0.4, -0.2) is 37.2 Å². The molecule has 0 aromatic rings. The van der Waals surface area contributed by atoms with Gasteiger partial charge in [0.15, 0.2) is 6.10 Å². The van der Waals surface area contributed by atoms with Gasteiger partial charge < -0.3 is 14.2 Å². The molecule has 0 N–H and O–H groups in total. The third kappa shape index (κ3) is 41.4. The van der Waals surface area contributed by atoms with Crippen molar-refractivity contribution in [1.82, 2.24) is 0 Å². The minimum absolute atomic E-state index is 0.0670. The maximum absolute atomic E-state index is 12.7. The van der Waals surface area contributed by atoms with Crippen LogP contribution >= 0.6 is 0 Å². The average Bonchev–Trinajstić information content (AvgIpc) is 3.11. The Kier molecular flexibility index (Phi) is 37.5. The summed E-state index contributed by atoms with van der Waals surface area (Å²) >= 11 is 0. The zero-order valence-electron chi connectivity index (χ0n) is 36.3. The van der Waals surface area contributed by atoms with Gasteiger partial charge in [0.1, 0.15) is 13.2 Å². The number of carbonyl (C=O) groups is 3. The van der Waals surface area contributed by atoms with E-state index in [1.54, 1.807) is 0 Å². The molecule has 6 heteroatoms. The second-order valence-corrected chi connectivity index (χ2v) is 17.5. The van der Waals surface area contributed by atoms with E-state index in [0.29, 0.717) is 19.3 Å². The van der Waals surface area contributed by atoms with Crippen molar-refractivity contribution < 1.29 is 28.6 Å². The average molecular weight is 751 g/mol. The SMILES string of the molecule is CC(C)CCCCCCCCCCCCCCCC(=O)OC[C@H](COC(=O)CCCCCCCCCC(C)C)OC(=O)CCCCCCCCC(C)C. The van der Waals surface area contributed by atoms with Crippen molar-refractivity contribution in [2.24, 2.45) is 17.8 Å². The van der Waals surface area contributed by atoms with Crippen LogP contribution in [0.5, 0.6) is 0 Å². The van der Waals surface area contributed by atoms with Gasteiger partial charge >= 0.3 is 17.9 Å². The summed E-state index contributed by atoms with van der Waals surface area (Å²) in [7, 11) is 0. The van der Waals surface area contributed by atoms with Crippen LogP contribution in [0.3, 0.4) is 0 Å². The van der Waals surface area contributed by atoms with Crippen molar-refractivity contribution in [1.29, 1.82) is 0 Å². The van der Waals surface area contributed by atoms with Crippen molar-refractivity contribution in [3.63, 3.8) is 0 Å². The van der Waals surface area contributed by atoms with Crippen LogP contribution in [0, 0.1) is 17.8 Å². The highest BCUT2D eigenvalue weighted by Gasteiger charge is 2.19. The van der Waals surface area contributed by atoms with Crippen molar-refractivity contribution >= 4 is 17.9 Å². The molecular weight excluding hydrogens is 661 g/mol. The Labute approximate surface area is 329 Å². The van der Waals surface area contributed by atoms with Gasteiger partial charge in [0.25, 0.3) is 0 Å². The second kappa shape index (κ2) is 38.7. The van der Waals surface area contributed by atoms with E-state index in [-0.39, 0.29) is 31.1 Å². The number of carbonyl (C=O) groups excluding carboxylic acids is 3. The lowest BCUT2D eigenvalue weighted by atomic mass is 10.0. The first kappa shape index (κ1) is 51.4. The number of hydrogen-bond acceptors (Lipinski definition) is 6.